The van der Waals surface area contributed by atoms with Crippen LogP contribution >= 0.6 is 23.4 Å². The number of halogens is 1. The van der Waals surface area contributed by atoms with E-state index in [4.69, 9.17) is 11.6 Å². The third-order valence-electron chi connectivity index (χ3n) is 2.75. The average molecular weight is 287 g/mol. The molecule has 0 fully saturated rings. The van der Waals surface area contributed by atoms with Gasteiger partial charge in [0.2, 0.25) is 0 Å². The summed E-state index contributed by atoms with van der Waals surface area (Å²) in [6.45, 7) is 0. The van der Waals surface area contributed by atoms with Crippen molar-refractivity contribution in [3.63, 3.8) is 0 Å². The van der Waals surface area contributed by atoms with Crippen LogP contribution < -0.4 is 0 Å². The summed E-state index contributed by atoms with van der Waals surface area (Å²) >= 11 is 7.46. The molecule has 0 aliphatic carbocycles. The van der Waals surface area contributed by atoms with Gasteiger partial charge in [0.05, 0.1) is 10.5 Å². The van der Waals surface area contributed by atoms with Crippen molar-refractivity contribution in [2.24, 2.45) is 0 Å². The highest BCUT2D eigenvalue weighted by atomic mass is 35.5. The van der Waals surface area contributed by atoms with Crippen molar-refractivity contribution in [1.82, 2.24) is 9.97 Å². The topological polar surface area (TPSA) is 25.8 Å². The minimum absolute atomic E-state index is 0.526. The molecule has 3 aromatic rings. The molecule has 19 heavy (non-hydrogen) atoms. The first kappa shape index (κ1) is 12.5. The first-order valence-electron chi connectivity index (χ1n) is 5.90. The van der Waals surface area contributed by atoms with Crippen LogP contribution in [0.2, 0.25) is 5.15 Å². The molecule has 0 atom stereocenters. The second-order valence-corrected chi connectivity index (χ2v) is 5.50. The summed E-state index contributed by atoms with van der Waals surface area (Å²) in [6, 6.07) is 16.1. The van der Waals surface area contributed by atoms with E-state index in [0.717, 1.165) is 21.9 Å². The standard InChI is InChI=1S/C15H11ClN2S/c16-14-7-5-11(9-17-14)10-19-15-8-6-12-3-1-2-4-13(12)18-15/h1-9H,10H2. The van der Waals surface area contributed by atoms with E-state index in [2.05, 4.69) is 28.2 Å². The fraction of sp³-hybridized carbons (Fsp3) is 0.0667. The smallest absolute Gasteiger partial charge is 0.129 e. The molecule has 0 saturated carbocycles. The Hall–Kier alpha value is -1.58. The Balaban J connectivity index is 1.76. The van der Waals surface area contributed by atoms with E-state index < -0.39 is 0 Å². The lowest BCUT2D eigenvalue weighted by atomic mass is 10.2. The third-order valence-corrected chi connectivity index (χ3v) is 3.97. The number of fused-ring (bicyclic) bond motifs is 1. The third kappa shape index (κ3) is 3.06. The maximum absolute atomic E-state index is 5.76. The Bertz CT molecular complexity index is 698. The zero-order valence-electron chi connectivity index (χ0n) is 10.1. The molecule has 2 aromatic heterocycles. The number of para-hydroxylation sites is 1. The molecule has 0 aliphatic rings. The number of hydrogen-bond acceptors (Lipinski definition) is 3. The Morgan fingerprint density at radius 3 is 2.74 bits per heavy atom. The van der Waals surface area contributed by atoms with E-state index in [1.165, 1.54) is 5.39 Å². The number of nitrogens with zero attached hydrogens (tertiary/aromatic N) is 2. The fourth-order valence-corrected chi connectivity index (χ4v) is 2.70. The number of thioether (sulfide) groups is 1. The summed E-state index contributed by atoms with van der Waals surface area (Å²) in [5.74, 6) is 0.843. The SMILES string of the molecule is Clc1ccc(CSc2ccc3ccccc3n2)cn1. The van der Waals surface area contributed by atoms with Gasteiger partial charge in [-0.2, -0.15) is 0 Å². The molecule has 94 valence electrons. The molecular weight excluding hydrogens is 276 g/mol. The average Bonchev–Trinajstić information content (AvgIpc) is 2.46. The first-order valence-corrected chi connectivity index (χ1v) is 7.27. The van der Waals surface area contributed by atoms with E-state index in [1.807, 2.05) is 30.3 Å². The number of benzene rings is 1. The van der Waals surface area contributed by atoms with Crippen molar-refractivity contribution < 1.29 is 0 Å². The van der Waals surface area contributed by atoms with E-state index in [-0.39, 0.29) is 0 Å². The lowest BCUT2D eigenvalue weighted by Crippen LogP contribution is -1.86. The maximum atomic E-state index is 5.76. The highest BCUT2D eigenvalue weighted by Gasteiger charge is 2.00. The van der Waals surface area contributed by atoms with Crippen molar-refractivity contribution in [1.29, 1.82) is 0 Å². The normalized spacial score (nSPS) is 10.8. The quantitative estimate of drug-likeness (QED) is 0.521. The predicted molar refractivity (Wildman–Crippen MR) is 80.6 cm³/mol. The van der Waals surface area contributed by atoms with Crippen LogP contribution in [0, 0.1) is 0 Å². The van der Waals surface area contributed by atoms with Crippen molar-refractivity contribution in [3.05, 3.63) is 65.4 Å². The molecule has 4 heteroatoms. The van der Waals surface area contributed by atoms with E-state index >= 15 is 0 Å². The van der Waals surface area contributed by atoms with Crippen LogP contribution in [0.1, 0.15) is 5.56 Å². The molecule has 1 aromatic carbocycles. The summed E-state index contributed by atoms with van der Waals surface area (Å²) in [6.07, 6.45) is 1.80. The van der Waals surface area contributed by atoms with Crippen LogP contribution in [0.15, 0.2) is 59.8 Å². The number of rotatable bonds is 3. The van der Waals surface area contributed by atoms with Crippen LogP contribution in [0.5, 0.6) is 0 Å². The van der Waals surface area contributed by atoms with Crippen LogP contribution in [0.25, 0.3) is 10.9 Å². The van der Waals surface area contributed by atoms with Crippen molar-refractivity contribution in [2.45, 2.75) is 10.8 Å². The number of aromatic nitrogens is 2. The van der Waals surface area contributed by atoms with Gasteiger partial charge in [-0.1, -0.05) is 41.9 Å². The minimum Gasteiger partial charge on any atom is -0.244 e. The molecule has 0 amide bonds. The molecule has 0 unspecified atom stereocenters. The molecule has 0 aliphatic heterocycles. The Morgan fingerprint density at radius 2 is 1.89 bits per heavy atom. The van der Waals surface area contributed by atoms with Crippen LogP contribution in [-0.4, -0.2) is 9.97 Å². The van der Waals surface area contributed by atoms with E-state index in [9.17, 15) is 0 Å². The molecule has 0 radical (unpaired) electrons. The molecule has 0 spiro atoms. The van der Waals surface area contributed by atoms with Gasteiger partial charge in [0.1, 0.15) is 5.15 Å². The Labute approximate surface area is 120 Å². The monoisotopic (exact) mass is 286 g/mol. The summed E-state index contributed by atoms with van der Waals surface area (Å²) in [4.78, 5) is 8.70. The predicted octanol–water partition coefficient (Wildman–Crippen LogP) is 4.58. The van der Waals surface area contributed by atoms with Crippen molar-refractivity contribution in [3.8, 4) is 0 Å². The Kier molecular flexibility index (Phi) is 3.67. The van der Waals surface area contributed by atoms with E-state index in [1.54, 1.807) is 18.0 Å². The summed E-state index contributed by atoms with van der Waals surface area (Å²) in [7, 11) is 0. The van der Waals surface area contributed by atoms with Crippen LogP contribution in [-0.2, 0) is 5.75 Å². The van der Waals surface area contributed by atoms with Crippen molar-refractivity contribution in [2.75, 3.05) is 0 Å². The van der Waals surface area contributed by atoms with E-state index in [0.29, 0.717) is 5.15 Å². The molecular formula is C15H11ClN2S. The molecule has 2 heterocycles. The van der Waals surface area contributed by atoms with Gasteiger partial charge in [0.25, 0.3) is 0 Å². The fourth-order valence-electron chi connectivity index (χ4n) is 1.78. The molecule has 3 rings (SSSR count). The van der Waals surface area contributed by atoms with Gasteiger partial charge < -0.3 is 0 Å². The molecule has 0 N–H and O–H groups in total. The molecule has 2 nitrogen and oxygen atoms in total. The number of pyridine rings is 2. The van der Waals surface area contributed by atoms with Gasteiger partial charge >= 0.3 is 0 Å². The molecule has 0 bridgehead atoms. The van der Waals surface area contributed by atoms with Gasteiger partial charge in [0, 0.05) is 17.3 Å². The number of hydrogen-bond donors (Lipinski definition) is 0. The highest BCUT2D eigenvalue weighted by molar-refractivity contribution is 7.98. The summed E-state index contributed by atoms with van der Waals surface area (Å²) in [5.41, 5.74) is 2.17. The van der Waals surface area contributed by atoms with Crippen molar-refractivity contribution >= 4 is 34.3 Å². The largest absolute Gasteiger partial charge is 0.244 e. The maximum Gasteiger partial charge on any atom is 0.129 e. The zero-order chi connectivity index (χ0) is 13.1. The lowest BCUT2D eigenvalue weighted by Gasteiger charge is -2.03. The minimum atomic E-state index is 0.526. The highest BCUT2D eigenvalue weighted by Crippen LogP contribution is 2.23. The summed E-state index contributed by atoms with van der Waals surface area (Å²) in [5, 5.41) is 2.71. The Morgan fingerprint density at radius 1 is 1.00 bits per heavy atom. The van der Waals surface area contributed by atoms with Gasteiger partial charge in [-0.15, -0.1) is 11.8 Å². The zero-order valence-corrected chi connectivity index (χ0v) is 11.7. The second kappa shape index (κ2) is 5.59. The van der Waals surface area contributed by atoms with Gasteiger partial charge in [0.15, 0.2) is 0 Å². The molecule has 0 saturated heterocycles. The first-order chi connectivity index (χ1) is 9.31. The van der Waals surface area contributed by atoms with Gasteiger partial charge in [-0.3, -0.25) is 0 Å². The summed E-state index contributed by atoms with van der Waals surface area (Å²) < 4.78 is 0. The van der Waals surface area contributed by atoms with Gasteiger partial charge in [-0.05, 0) is 23.8 Å². The van der Waals surface area contributed by atoms with Gasteiger partial charge in [-0.25, -0.2) is 9.97 Å². The second-order valence-electron chi connectivity index (χ2n) is 4.12. The van der Waals surface area contributed by atoms with Crippen LogP contribution in [0.3, 0.4) is 0 Å². The lowest BCUT2D eigenvalue weighted by molar-refractivity contribution is 1.18. The van der Waals surface area contributed by atoms with Crippen LogP contribution in [0.4, 0.5) is 0 Å².